The summed E-state index contributed by atoms with van der Waals surface area (Å²) in [6.45, 7) is 8.73. The molecule has 0 spiro atoms. The first-order valence-corrected chi connectivity index (χ1v) is 6.91. The maximum atomic E-state index is 2.22. The second-order valence-electron chi connectivity index (χ2n) is 5.58. The van der Waals surface area contributed by atoms with Crippen molar-refractivity contribution < 1.29 is 0 Å². The van der Waals surface area contributed by atoms with Crippen LogP contribution < -0.4 is 0 Å². The van der Waals surface area contributed by atoms with E-state index in [9.17, 15) is 0 Å². The maximum Gasteiger partial charge on any atom is -0.0219 e. The fourth-order valence-corrected chi connectivity index (χ4v) is 2.29. The lowest BCUT2D eigenvalue weighted by Gasteiger charge is -2.05. The van der Waals surface area contributed by atoms with Crippen LogP contribution >= 0.6 is 0 Å². The highest BCUT2D eigenvalue weighted by Gasteiger charge is 1.97. The van der Waals surface area contributed by atoms with Gasteiger partial charge < -0.3 is 0 Å². The van der Waals surface area contributed by atoms with Gasteiger partial charge in [0.15, 0.2) is 0 Å². The molecule has 2 aromatic rings. The van der Waals surface area contributed by atoms with Crippen molar-refractivity contribution in [2.75, 3.05) is 0 Å². The minimum atomic E-state index is 0.595. The first-order valence-electron chi connectivity index (χ1n) is 6.91. The van der Waals surface area contributed by atoms with Crippen molar-refractivity contribution in [1.82, 2.24) is 0 Å². The molecule has 0 aromatic heterocycles. The Bertz CT molecular complexity index is 551. The Morgan fingerprint density at radius 1 is 0.737 bits per heavy atom. The number of rotatable bonds is 3. The zero-order valence-electron chi connectivity index (χ0n) is 12.3. The van der Waals surface area contributed by atoms with E-state index in [0.717, 1.165) is 0 Å². The van der Waals surface area contributed by atoms with Crippen LogP contribution in [-0.2, 0) is 0 Å². The van der Waals surface area contributed by atoms with Gasteiger partial charge in [0.25, 0.3) is 0 Å². The van der Waals surface area contributed by atoms with E-state index in [4.69, 9.17) is 0 Å². The molecule has 0 N–H and O–H groups in total. The molecule has 0 fully saturated rings. The van der Waals surface area contributed by atoms with Gasteiger partial charge in [0.1, 0.15) is 0 Å². The average molecular weight is 250 g/mol. The number of aryl methyl sites for hydroxylation is 2. The monoisotopic (exact) mass is 250 g/mol. The van der Waals surface area contributed by atoms with Crippen LogP contribution in [0.1, 0.15) is 47.6 Å². The van der Waals surface area contributed by atoms with Crippen molar-refractivity contribution in [1.29, 1.82) is 0 Å². The molecule has 0 heterocycles. The molecule has 0 aliphatic rings. The van der Waals surface area contributed by atoms with Gasteiger partial charge in [0.05, 0.1) is 0 Å². The van der Waals surface area contributed by atoms with Gasteiger partial charge in [-0.2, -0.15) is 0 Å². The molecule has 0 bridgehead atoms. The zero-order chi connectivity index (χ0) is 13.8. The Kier molecular flexibility index (Phi) is 4.21. The molecule has 98 valence electrons. The van der Waals surface area contributed by atoms with E-state index in [1.165, 1.54) is 27.8 Å². The third kappa shape index (κ3) is 3.82. The van der Waals surface area contributed by atoms with Crippen LogP contribution in [0.3, 0.4) is 0 Å². The molecule has 0 amide bonds. The smallest absolute Gasteiger partial charge is 0.0219 e. The molecule has 0 unspecified atom stereocenters. The molecule has 2 rings (SSSR count). The van der Waals surface area contributed by atoms with E-state index in [-0.39, 0.29) is 0 Å². The van der Waals surface area contributed by atoms with Gasteiger partial charge in [-0.3, -0.25) is 0 Å². The van der Waals surface area contributed by atoms with E-state index < -0.39 is 0 Å². The Hall–Kier alpha value is -1.82. The molecule has 0 atom stereocenters. The summed E-state index contributed by atoms with van der Waals surface area (Å²) >= 11 is 0. The van der Waals surface area contributed by atoms with Crippen molar-refractivity contribution in [3.63, 3.8) is 0 Å². The van der Waals surface area contributed by atoms with Crippen molar-refractivity contribution in [3.8, 4) is 0 Å². The lowest BCUT2D eigenvalue weighted by Crippen LogP contribution is -1.86. The van der Waals surface area contributed by atoms with Gasteiger partial charge in [0, 0.05) is 0 Å². The molecule has 0 nitrogen and oxygen atoms in total. The molecule has 2 aromatic carbocycles. The summed E-state index contributed by atoms with van der Waals surface area (Å²) in [6.07, 6.45) is 4.36. The van der Waals surface area contributed by atoms with Crippen molar-refractivity contribution in [2.45, 2.75) is 33.6 Å². The Balaban J connectivity index is 2.17. The van der Waals surface area contributed by atoms with Gasteiger partial charge in [-0.25, -0.2) is 0 Å². The Morgan fingerprint density at radius 3 is 1.79 bits per heavy atom. The number of hydrogen-bond acceptors (Lipinski definition) is 0. The largest absolute Gasteiger partial charge is 0.0587 e. The first-order chi connectivity index (χ1) is 9.04. The van der Waals surface area contributed by atoms with Gasteiger partial charge in [-0.1, -0.05) is 79.6 Å². The third-order valence-corrected chi connectivity index (χ3v) is 3.32. The SMILES string of the molecule is Cc1cc(C)cc(/C=C/c2ccc(C(C)C)cc2)c1. The van der Waals surface area contributed by atoms with Crippen LogP contribution in [0.25, 0.3) is 12.2 Å². The van der Waals surface area contributed by atoms with Gasteiger partial charge in [0.2, 0.25) is 0 Å². The molecule has 0 radical (unpaired) electrons. The molecule has 0 aliphatic heterocycles. The summed E-state index contributed by atoms with van der Waals surface area (Å²) in [6, 6.07) is 15.4. The highest BCUT2D eigenvalue weighted by molar-refractivity contribution is 5.70. The van der Waals surface area contributed by atoms with E-state index >= 15 is 0 Å². The fourth-order valence-electron chi connectivity index (χ4n) is 2.29. The quantitative estimate of drug-likeness (QED) is 0.622. The van der Waals surface area contributed by atoms with Crippen molar-refractivity contribution in [2.24, 2.45) is 0 Å². The van der Waals surface area contributed by atoms with E-state index in [2.05, 4.69) is 82.3 Å². The maximum absolute atomic E-state index is 2.22. The second-order valence-corrected chi connectivity index (χ2v) is 5.58. The predicted octanol–water partition coefficient (Wildman–Crippen LogP) is 5.60. The summed E-state index contributed by atoms with van der Waals surface area (Å²) in [5.74, 6) is 0.595. The standard InChI is InChI=1S/C19H22/c1-14(2)19-9-7-17(8-10-19)5-6-18-12-15(3)11-16(4)13-18/h5-14H,1-4H3/b6-5+. The Morgan fingerprint density at radius 2 is 1.26 bits per heavy atom. The lowest BCUT2D eigenvalue weighted by molar-refractivity contribution is 0.866. The second kappa shape index (κ2) is 5.88. The topological polar surface area (TPSA) is 0 Å². The fraction of sp³-hybridized carbons (Fsp3) is 0.263. The summed E-state index contributed by atoms with van der Waals surface area (Å²) in [5, 5.41) is 0. The summed E-state index contributed by atoms with van der Waals surface area (Å²) in [4.78, 5) is 0. The van der Waals surface area contributed by atoms with Crippen LogP contribution in [0.4, 0.5) is 0 Å². The lowest BCUT2D eigenvalue weighted by atomic mass is 10.0. The predicted molar refractivity (Wildman–Crippen MR) is 85.4 cm³/mol. The first kappa shape index (κ1) is 13.6. The number of hydrogen-bond donors (Lipinski definition) is 0. The van der Waals surface area contributed by atoms with E-state index in [1.807, 2.05) is 0 Å². The summed E-state index contributed by atoms with van der Waals surface area (Å²) in [5.41, 5.74) is 6.54. The molecule has 0 heteroatoms. The summed E-state index contributed by atoms with van der Waals surface area (Å²) < 4.78 is 0. The zero-order valence-corrected chi connectivity index (χ0v) is 12.3. The molecule has 0 saturated carbocycles. The third-order valence-electron chi connectivity index (χ3n) is 3.32. The number of benzene rings is 2. The van der Waals surface area contributed by atoms with Crippen molar-refractivity contribution in [3.05, 3.63) is 70.3 Å². The van der Waals surface area contributed by atoms with Gasteiger partial charge >= 0.3 is 0 Å². The minimum absolute atomic E-state index is 0.595. The highest BCUT2D eigenvalue weighted by atomic mass is 14.0. The normalized spacial score (nSPS) is 11.4. The van der Waals surface area contributed by atoms with Crippen molar-refractivity contribution >= 4 is 12.2 Å². The van der Waals surface area contributed by atoms with Crippen LogP contribution in [-0.4, -0.2) is 0 Å². The molecule has 0 aliphatic carbocycles. The molecule has 0 saturated heterocycles. The Labute approximate surface area is 116 Å². The van der Waals surface area contributed by atoms with Gasteiger partial charge in [-0.15, -0.1) is 0 Å². The van der Waals surface area contributed by atoms with Crippen LogP contribution in [0.15, 0.2) is 42.5 Å². The molecular formula is C19H22. The highest BCUT2D eigenvalue weighted by Crippen LogP contribution is 2.17. The van der Waals surface area contributed by atoms with Crippen LogP contribution in [0, 0.1) is 13.8 Å². The minimum Gasteiger partial charge on any atom is -0.0587 e. The molecule has 19 heavy (non-hydrogen) atoms. The van der Waals surface area contributed by atoms with Crippen LogP contribution in [0.2, 0.25) is 0 Å². The summed E-state index contributed by atoms with van der Waals surface area (Å²) in [7, 11) is 0. The van der Waals surface area contributed by atoms with E-state index in [0.29, 0.717) is 5.92 Å². The van der Waals surface area contributed by atoms with Gasteiger partial charge in [-0.05, 0) is 36.5 Å². The molecular weight excluding hydrogens is 228 g/mol. The average Bonchev–Trinajstić information content (AvgIpc) is 2.36. The van der Waals surface area contributed by atoms with Crippen LogP contribution in [0.5, 0.6) is 0 Å². The van der Waals surface area contributed by atoms with E-state index in [1.54, 1.807) is 0 Å².